The summed E-state index contributed by atoms with van der Waals surface area (Å²) in [6.07, 6.45) is 2.59. The maximum Gasteiger partial charge on any atom is 0.253 e. The van der Waals surface area contributed by atoms with E-state index in [1.807, 2.05) is 43.3 Å². The average molecular weight is 307 g/mol. The molecule has 4 rings (SSSR count). The van der Waals surface area contributed by atoms with Gasteiger partial charge in [0.1, 0.15) is 11.3 Å². The van der Waals surface area contributed by atoms with Gasteiger partial charge >= 0.3 is 0 Å². The number of carbonyl (C=O) groups excluding carboxylic acids is 1. The molecule has 0 radical (unpaired) electrons. The average Bonchev–Trinajstić information content (AvgIpc) is 2.99. The fourth-order valence-electron chi connectivity index (χ4n) is 2.92. The summed E-state index contributed by atoms with van der Waals surface area (Å²) in [7, 11) is 3.92. The molecule has 6 heteroatoms. The van der Waals surface area contributed by atoms with Crippen molar-refractivity contribution in [2.75, 3.05) is 25.5 Å². The third-order valence-electron chi connectivity index (χ3n) is 4.12. The Balaban J connectivity index is 1.91. The quantitative estimate of drug-likeness (QED) is 0.759. The van der Waals surface area contributed by atoms with Gasteiger partial charge in [0.15, 0.2) is 0 Å². The van der Waals surface area contributed by atoms with Crippen molar-refractivity contribution in [3.05, 3.63) is 41.7 Å². The Labute approximate surface area is 133 Å². The van der Waals surface area contributed by atoms with Gasteiger partial charge in [0.2, 0.25) is 0 Å². The van der Waals surface area contributed by atoms with Crippen molar-refractivity contribution in [1.29, 1.82) is 0 Å². The standard InChI is InChI=1S/C17H17N5O/c1-22(2)15-4-3-13-16(21-15)10(5-7-18-13)14-9-11-12(20-14)6-8-19-17(11)23/h3-5,7,9,20H,6,8H2,1-2H3,(H,19,23). The SMILES string of the molecule is CN(C)c1ccc2nccc(-c3cc4c([nH]3)CCNC4=O)c2n1. The number of hydrogen-bond donors (Lipinski definition) is 2. The predicted molar refractivity (Wildman–Crippen MR) is 89.7 cm³/mol. The molecule has 1 aliphatic rings. The highest BCUT2D eigenvalue weighted by molar-refractivity contribution is 5.99. The molecule has 0 saturated carbocycles. The zero-order valence-corrected chi connectivity index (χ0v) is 13.1. The van der Waals surface area contributed by atoms with Crippen molar-refractivity contribution < 1.29 is 4.79 Å². The minimum atomic E-state index is -0.0194. The minimum absolute atomic E-state index is 0.0194. The van der Waals surface area contributed by atoms with Crippen molar-refractivity contribution in [3.63, 3.8) is 0 Å². The van der Waals surface area contributed by atoms with E-state index in [1.54, 1.807) is 6.20 Å². The van der Waals surface area contributed by atoms with E-state index in [0.717, 1.165) is 45.8 Å². The van der Waals surface area contributed by atoms with Gasteiger partial charge in [0.25, 0.3) is 5.91 Å². The van der Waals surface area contributed by atoms with Gasteiger partial charge in [-0.1, -0.05) is 0 Å². The van der Waals surface area contributed by atoms with Crippen molar-refractivity contribution in [3.8, 4) is 11.3 Å². The van der Waals surface area contributed by atoms with Crippen LogP contribution in [0.1, 0.15) is 16.1 Å². The normalized spacial score (nSPS) is 13.7. The lowest BCUT2D eigenvalue weighted by atomic mass is 10.1. The number of anilines is 1. The number of rotatable bonds is 2. The number of hydrogen-bond acceptors (Lipinski definition) is 4. The van der Waals surface area contributed by atoms with E-state index in [4.69, 9.17) is 4.98 Å². The van der Waals surface area contributed by atoms with Crippen LogP contribution in [0, 0.1) is 0 Å². The maximum absolute atomic E-state index is 12.0. The molecule has 1 aliphatic heterocycles. The fourth-order valence-corrected chi connectivity index (χ4v) is 2.92. The number of aromatic nitrogens is 3. The molecular formula is C17H17N5O. The minimum Gasteiger partial charge on any atom is -0.363 e. The summed E-state index contributed by atoms with van der Waals surface area (Å²) in [5.41, 5.74) is 5.24. The first-order valence-electron chi connectivity index (χ1n) is 7.57. The van der Waals surface area contributed by atoms with Crippen molar-refractivity contribution in [1.82, 2.24) is 20.3 Å². The molecule has 1 amide bonds. The molecule has 0 fully saturated rings. The number of carbonyl (C=O) groups is 1. The second-order valence-electron chi connectivity index (χ2n) is 5.87. The highest BCUT2D eigenvalue weighted by Crippen LogP contribution is 2.29. The molecule has 23 heavy (non-hydrogen) atoms. The molecule has 0 bridgehead atoms. The van der Waals surface area contributed by atoms with Crippen molar-refractivity contribution >= 4 is 22.8 Å². The molecule has 4 heterocycles. The van der Waals surface area contributed by atoms with Crippen molar-refractivity contribution in [2.24, 2.45) is 0 Å². The van der Waals surface area contributed by atoms with Crippen molar-refractivity contribution in [2.45, 2.75) is 6.42 Å². The van der Waals surface area contributed by atoms with E-state index in [0.29, 0.717) is 6.54 Å². The van der Waals surface area contributed by atoms with E-state index < -0.39 is 0 Å². The molecule has 6 nitrogen and oxygen atoms in total. The van der Waals surface area contributed by atoms with Crippen LogP contribution in [-0.4, -0.2) is 41.5 Å². The predicted octanol–water partition coefficient (Wildman–Crippen LogP) is 1.98. The molecule has 0 unspecified atom stereocenters. The van der Waals surface area contributed by atoms with Gasteiger partial charge in [-0.25, -0.2) is 4.98 Å². The largest absolute Gasteiger partial charge is 0.363 e. The van der Waals surface area contributed by atoms with Gasteiger partial charge in [0, 0.05) is 50.2 Å². The second kappa shape index (κ2) is 5.08. The smallest absolute Gasteiger partial charge is 0.253 e. The number of aromatic amines is 1. The Hall–Kier alpha value is -2.89. The van der Waals surface area contributed by atoms with Crippen LogP contribution in [0.2, 0.25) is 0 Å². The van der Waals surface area contributed by atoms with Crippen LogP contribution in [0.5, 0.6) is 0 Å². The maximum atomic E-state index is 12.0. The Morgan fingerprint density at radius 2 is 2.04 bits per heavy atom. The molecule has 3 aromatic rings. The van der Waals surface area contributed by atoms with E-state index >= 15 is 0 Å². The highest BCUT2D eigenvalue weighted by Gasteiger charge is 2.21. The summed E-state index contributed by atoms with van der Waals surface area (Å²) in [6, 6.07) is 7.76. The Kier molecular flexibility index (Phi) is 3.04. The Morgan fingerprint density at radius 3 is 2.83 bits per heavy atom. The number of nitrogens with one attached hydrogen (secondary N) is 2. The first kappa shape index (κ1) is 13.8. The number of nitrogens with zero attached hydrogens (tertiary/aromatic N) is 3. The zero-order valence-electron chi connectivity index (χ0n) is 13.1. The summed E-state index contributed by atoms with van der Waals surface area (Å²) < 4.78 is 0. The molecule has 3 aromatic heterocycles. The van der Waals surface area contributed by atoms with Crippen LogP contribution in [0.4, 0.5) is 5.82 Å². The second-order valence-corrected chi connectivity index (χ2v) is 5.87. The van der Waals surface area contributed by atoms with E-state index in [9.17, 15) is 4.79 Å². The lowest BCUT2D eigenvalue weighted by molar-refractivity contribution is 0.0946. The third-order valence-corrected chi connectivity index (χ3v) is 4.12. The molecule has 0 saturated heterocycles. The number of fused-ring (bicyclic) bond motifs is 2. The molecular weight excluding hydrogens is 290 g/mol. The summed E-state index contributed by atoms with van der Waals surface area (Å²) >= 11 is 0. The van der Waals surface area contributed by atoms with Gasteiger partial charge in [-0.05, 0) is 24.3 Å². The van der Waals surface area contributed by atoms with Crippen LogP contribution in [0.3, 0.4) is 0 Å². The van der Waals surface area contributed by atoms with Crippen LogP contribution < -0.4 is 10.2 Å². The first-order valence-corrected chi connectivity index (χ1v) is 7.57. The summed E-state index contributed by atoms with van der Waals surface area (Å²) in [5.74, 6) is 0.856. The monoisotopic (exact) mass is 307 g/mol. The van der Waals surface area contributed by atoms with Crippen LogP contribution >= 0.6 is 0 Å². The Bertz CT molecular complexity index is 912. The fraction of sp³-hybridized carbons (Fsp3) is 0.235. The Morgan fingerprint density at radius 1 is 1.17 bits per heavy atom. The molecule has 0 aliphatic carbocycles. The lowest BCUT2D eigenvalue weighted by Gasteiger charge is -2.12. The number of pyridine rings is 2. The van der Waals surface area contributed by atoms with Gasteiger partial charge in [0.05, 0.1) is 11.1 Å². The summed E-state index contributed by atoms with van der Waals surface area (Å²) in [5, 5.41) is 2.87. The molecule has 0 aromatic carbocycles. The number of amides is 1. The number of H-pyrrole nitrogens is 1. The van der Waals surface area contributed by atoms with E-state index in [-0.39, 0.29) is 5.91 Å². The molecule has 2 N–H and O–H groups in total. The first-order chi connectivity index (χ1) is 11.1. The van der Waals surface area contributed by atoms with E-state index in [1.165, 1.54) is 0 Å². The van der Waals surface area contributed by atoms with Crippen LogP contribution in [0.25, 0.3) is 22.3 Å². The van der Waals surface area contributed by atoms with Gasteiger partial charge in [-0.15, -0.1) is 0 Å². The molecule has 0 atom stereocenters. The zero-order chi connectivity index (χ0) is 16.0. The summed E-state index contributed by atoms with van der Waals surface area (Å²) in [6.45, 7) is 0.673. The molecule has 0 spiro atoms. The highest BCUT2D eigenvalue weighted by atomic mass is 16.1. The third kappa shape index (κ3) is 2.23. The topological polar surface area (TPSA) is 73.9 Å². The molecule has 116 valence electrons. The van der Waals surface area contributed by atoms with Gasteiger partial charge < -0.3 is 15.2 Å². The summed E-state index contributed by atoms with van der Waals surface area (Å²) in [4.78, 5) is 26.4. The van der Waals surface area contributed by atoms with Crippen LogP contribution in [0.15, 0.2) is 30.5 Å². The van der Waals surface area contributed by atoms with Crippen LogP contribution in [-0.2, 0) is 6.42 Å². The van der Waals surface area contributed by atoms with E-state index in [2.05, 4.69) is 15.3 Å². The van der Waals surface area contributed by atoms with Gasteiger partial charge in [-0.3, -0.25) is 9.78 Å². The lowest BCUT2D eigenvalue weighted by Crippen LogP contribution is -2.31. The van der Waals surface area contributed by atoms with Gasteiger partial charge in [-0.2, -0.15) is 0 Å².